The number of aliphatic carboxylic acids is 1. The van der Waals surface area contributed by atoms with Gasteiger partial charge in [0.05, 0.1) is 24.4 Å². The fraction of sp³-hybridized carbons (Fsp3) is 0.567. The van der Waals surface area contributed by atoms with Crippen LogP contribution >= 0.6 is 0 Å². The van der Waals surface area contributed by atoms with Gasteiger partial charge in [0.15, 0.2) is 5.96 Å². The molecule has 1 unspecified atom stereocenters. The van der Waals surface area contributed by atoms with Crippen LogP contribution in [0.15, 0.2) is 29.3 Å². The molecule has 13 heteroatoms. The van der Waals surface area contributed by atoms with E-state index in [4.69, 9.17) is 26.9 Å². The number of aliphatic imine (C=N–C) groups is 1. The summed E-state index contributed by atoms with van der Waals surface area (Å²) in [4.78, 5) is 45.0. The molecule has 10 N–H and O–H groups in total. The Hall–Kier alpha value is -4.13. The lowest BCUT2D eigenvalue weighted by Crippen LogP contribution is -2.48. The Morgan fingerprint density at radius 1 is 1.09 bits per heavy atom. The fourth-order valence-electron chi connectivity index (χ4n) is 4.38. The number of aromatic nitrogens is 1. The van der Waals surface area contributed by atoms with Gasteiger partial charge < -0.3 is 43.0 Å². The zero-order valence-electron chi connectivity index (χ0n) is 25.9. The maximum absolute atomic E-state index is 12.4. The molecule has 0 aliphatic rings. The number of carboxylic acid groups (broad SMARTS) is 1. The Bertz CT molecular complexity index is 1270. The normalized spacial score (nSPS) is 13.4. The molecule has 0 saturated heterocycles. The van der Waals surface area contributed by atoms with Gasteiger partial charge in [0.1, 0.15) is 11.8 Å². The number of carboxylic acids is 1. The number of nitrogens with two attached hydrogens (primary N) is 3. The van der Waals surface area contributed by atoms with Crippen molar-refractivity contribution < 1.29 is 24.2 Å². The Kier molecular flexibility index (Phi) is 13.5. The van der Waals surface area contributed by atoms with Crippen molar-refractivity contribution in [1.82, 2.24) is 15.6 Å². The quantitative estimate of drug-likeness (QED) is 0.0794. The van der Waals surface area contributed by atoms with Crippen molar-refractivity contribution in [2.45, 2.75) is 89.8 Å². The zero-order valence-corrected chi connectivity index (χ0v) is 25.9. The van der Waals surface area contributed by atoms with E-state index < -0.39 is 24.0 Å². The zero-order chi connectivity index (χ0) is 32.2. The first kappa shape index (κ1) is 35.1. The number of hydrogen-bond acceptors (Lipinski definition) is 8. The summed E-state index contributed by atoms with van der Waals surface area (Å²) in [6, 6.07) is 5.95. The van der Waals surface area contributed by atoms with Crippen molar-refractivity contribution in [1.29, 1.82) is 0 Å². The lowest BCUT2D eigenvalue weighted by Gasteiger charge is -2.21. The highest BCUT2D eigenvalue weighted by Crippen LogP contribution is 2.31. The molecule has 0 saturated carbocycles. The minimum atomic E-state index is -1.23. The van der Waals surface area contributed by atoms with Gasteiger partial charge in [-0.05, 0) is 51.2 Å². The molecule has 13 nitrogen and oxygen atoms in total. The molecule has 238 valence electrons. The van der Waals surface area contributed by atoms with Crippen molar-refractivity contribution in [3.63, 3.8) is 0 Å². The van der Waals surface area contributed by atoms with Crippen molar-refractivity contribution in [2.24, 2.45) is 22.2 Å². The number of benzene rings is 1. The van der Waals surface area contributed by atoms with Crippen molar-refractivity contribution in [3.8, 4) is 5.75 Å². The molecule has 0 spiro atoms. The van der Waals surface area contributed by atoms with Gasteiger partial charge in [-0.25, -0.2) is 4.79 Å². The number of pyridine rings is 1. The van der Waals surface area contributed by atoms with Crippen LogP contribution < -0.4 is 37.9 Å². The Morgan fingerprint density at radius 3 is 2.44 bits per heavy atom. The van der Waals surface area contributed by atoms with Crippen LogP contribution in [0, 0.1) is 0 Å². The topological polar surface area (TPSA) is 220 Å². The molecule has 43 heavy (non-hydrogen) atoms. The van der Waals surface area contributed by atoms with Crippen LogP contribution in [-0.2, 0) is 19.8 Å². The van der Waals surface area contributed by atoms with Crippen molar-refractivity contribution >= 4 is 40.3 Å². The summed E-state index contributed by atoms with van der Waals surface area (Å²) in [5, 5.41) is 19.2. The van der Waals surface area contributed by atoms with Crippen LogP contribution in [-0.4, -0.2) is 72.2 Å². The van der Waals surface area contributed by atoms with Crippen LogP contribution in [0.1, 0.15) is 71.9 Å². The number of carbonyl (C=O) groups excluding carboxylic acids is 2. The average Bonchev–Trinajstić information content (AvgIpc) is 2.94. The van der Waals surface area contributed by atoms with Crippen LogP contribution in [0.2, 0.25) is 0 Å². The van der Waals surface area contributed by atoms with Gasteiger partial charge in [-0.1, -0.05) is 26.8 Å². The van der Waals surface area contributed by atoms with Gasteiger partial charge in [0.2, 0.25) is 11.8 Å². The number of nitrogens with zero attached hydrogens (tertiary/aromatic N) is 2. The van der Waals surface area contributed by atoms with E-state index in [-0.39, 0.29) is 42.6 Å². The fourth-order valence-corrected chi connectivity index (χ4v) is 4.38. The second kappa shape index (κ2) is 16.5. The van der Waals surface area contributed by atoms with Crippen LogP contribution in [0.3, 0.4) is 0 Å². The Morgan fingerprint density at radius 2 is 1.81 bits per heavy atom. The Labute approximate surface area is 253 Å². The van der Waals surface area contributed by atoms with Gasteiger partial charge in [-0.3, -0.25) is 19.6 Å². The minimum absolute atomic E-state index is 0.0531. The third-order valence-corrected chi connectivity index (χ3v) is 6.89. The number of amides is 2. The van der Waals surface area contributed by atoms with E-state index in [1.807, 2.05) is 18.2 Å². The van der Waals surface area contributed by atoms with E-state index in [2.05, 4.69) is 54.7 Å². The van der Waals surface area contributed by atoms with E-state index in [9.17, 15) is 19.5 Å². The first-order valence-electron chi connectivity index (χ1n) is 14.6. The number of carbonyl (C=O) groups is 3. The Balaban J connectivity index is 1.82. The largest absolute Gasteiger partial charge is 0.497 e. The number of anilines is 1. The summed E-state index contributed by atoms with van der Waals surface area (Å²) in [7, 11) is 1.63. The van der Waals surface area contributed by atoms with Crippen LogP contribution in [0.4, 0.5) is 5.69 Å². The van der Waals surface area contributed by atoms with Gasteiger partial charge >= 0.3 is 5.97 Å². The van der Waals surface area contributed by atoms with Gasteiger partial charge in [0, 0.05) is 48.1 Å². The smallest absolute Gasteiger partial charge is 0.326 e. The van der Waals surface area contributed by atoms with E-state index >= 15 is 0 Å². The van der Waals surface area contributed by atoms with E-state index in [0.29, 0.717) is 25.9 Å². The first-order valence-corrected chi connectivity index (χ1v) is 14.6. The van der Waals surface area contributed by atoms with Crippen LogP contribution in [0.5, 0.6) is 5.75 Å². The molecule has 0 aliphatic carbocycles. The highest BCUT2D eigenvalue weighted by Gasteiger charge is 2.24. The summed E-state index contributed by atoms with van der Waals surface area (Å²) in [6.45, 7) is 9.19. The number of rotatable bonds is 17. The molecule has 2 aromatic rings. The third-order valence-electron chi connectivity index (χ3n) is 6.89. The van der Waals surface area contributed by atoms with Crippen LogP contribution in [0.25, 0.3) is 10.9 Å². The monoisotopic (exact) mass is 600 g/mol. The molecule has 2 amide bonds. The standard InChI is InChI=1S/C30H48N8O5/c1-18(36-23-17-20(43-5)16-19-10-12-24(30(2,3)4)38-26(19)23)8-6-14-34-25(39)13-11-22(28(41)42)37-27(40)21(31)9-7-15-35-29(32)33/h10,12,16-18,21-22,36H,6-9,11,13-15,31H2,1-5H3,(H,34,39)(H,37,40)(H,41,42)(H4,32,33,35)/t18?,21-,22-/m0/s1. The number of methoxy groups -OCH3 is 1. The van der Waals surface area contributed by atoms with E-state index in [1.165, 1.54) is 0 Å². The maximum Gasteiger partial charge on any atom is 0.326 e. The SMILES string of the molecule is COc1cc(NC(C)CCCNC(=O)CC[C@H](NC(=O)[C@@H](N)CCCN=C(N)N)C(=O)O)c2nc(C(C)(C)C)ccc2c1. The third kappa shape index (κ3) is 11.9. The highest BCUT2D eigenvalue weighted by molar-refractivity contribution is 5.92. The number of fused-ring (bicyclic) bond motifs is 1. The molecule has 0 fully saturated rings. The predicted molar refractivity (Wildman–Crippen MR) is 169 cm³/mol. The molecule has 0 bridgehead atoms. The molecule has 1 aromatic carbocycles. The number of nitrogens with one attached hydrogen (secondary N) is 3. The maximum atomic E-state index is 12.4. The first-order chi connectivity index (χ1) is 20.2. The molecule has 0 aliphatic heterocycles. The summed E-state index contributed by atoms with van der Waals surface area (Å²) in [6.07, 6.45) is 2.11. The van der Waals surface area contributed by atoms with Crippen molar-refractivity contribution in [2.75, 3.05) is 25.5 Å². The van der Waals surface area contributed by atoms with Crippen molar-refractivity contribution in [3.05, 3.63) is 30.0 Å². The molecule has 1 aromatic heterocycles. The van der Waals surface area contributed by atoms with E-state index in [1.54, 1.807) is 7.11 Å². The molecule has 0 radical (unpaired) electrons. The second-order valence-electron chi connectivity index (χ2n) is 11.7. The lowest BCUT2D eigenvalue weighted by molar-refractivity contribution is -0.142. The second-order valence-corrected chi connectivity index (χ2v) is 11.7. The summed E-state index contributed by atoms with van der Waals surface area (Å²) < 4.78 is 5.49. The van der Waals surface area contributed by atoms with Gasteiger partial charge in [-0.15, -0.1) is 0 Å². The number of hydrogen-bond donors (Lipinski definition) is 7. The van der Waals surface area contributed by atoms with E-state index in [0.717, 1.165) is 34.5 Å². The van der Waals surface area contributed by atoms with Gasteiger partial charge in [-0.2, -0.15) is 0 Å². The summed E-state index contributed by atoms with van der Waals surface area (Å²) >= 11 is 0. The molecular formula is C30H48N8O5. The average molecular weight is 601 g/mol. The number of ether oxygens (including phenoxy) is 1. The molecule has 1 heterocycles. The molecule has 2 rings (SSSR count). The summed E-state index contributed by atoms with van der Waals surface area (Å²) in [5.41, 5.74) is 19.0. The lowest BCUT2D eigenvalue weighted by atomic mass is 9.91. The minimum Gasteiger partial charge on any atom is -0.497 e. The predicted octanol–water partition coefficient (Wildman–Crippen LogP) is 1.97. The molecular weight excluding hydrogens is 552 g/mol. The number of guanidine groups is 1. The highest BCUT2D eigenvalue weighted by atomic mass is 16.5. The molecule has 3 atom stereocenters. The van der Waals surface area contributed by atoms with Gasteiger partial charge in [0.25, 0.3) is 0 Å². The summed E-state index contributed by atoms with van der Waals surface area (Å²) in [5.74, 6) is -1.45.